The molecule has 3 aromatic rings. The molecule has 14 heteroatoms. The van der Waals surface area contributed by atoms with Crippen molar-refractivity contribution in [1.82, 2.24) is 20.3 Å². The number of hydrogen-bond acceptors (Lipinski definition) is 11. The van der Waals surface area contributed by atoms with E-state index in [4.69, 9.17) is 15.0 Å². The van der Waals surface area contributed by atoms with Gasteiger partial charge in [-0.25, -0.2) is 8.42 Å². The van der Waals surface area contributed by atoms with E-state index in [0.717, 1.165) is 19.1 Å². The molecule has 0 radical (unpaired) electrons. The number of ether oxygens (including phenoxy) is 1. The van der Waals surface area contributed by atoms with Crippen LogP contribution in [0.25, 0.3) is 11.4 Å². The Labute approximate surface area is 194 Å². The van der Waals surface area contributed by atoms with Crippen LogP contribution in [-0.4, -0.2) is 53.9 Å². The average molecular weight is 487 g/mol. The molecule has 1 aliphatic carbocycles. The Balaban J connectivity index is 1.67. The number of para-hydroxylation sites is 1. The van der Waals surface area contributed by atoms with Gasteiger partial charge < -0.3 is 25.6 Å². The number of nitrogens with one attached hydrogen (secondary N) is 2. The molecule has 0 saturated heterocycles. The first-order valence-corrected chi connectivity index (χ1v) is 12.1. The third kappa shape index (κ3) is 5.28. The number of benzene rings is 1. The molecule has 1 fully saturated rings. The van der Waals surface area contributed by atoms with Crippen molar-refractivity contribution < 1.29 is 27.3 Å². The standard InChI is InChI=1S/C20H21N7O6S/c1-32-17-11(19-24-15(33-27-19)9-34(2,30)31)4-3-5-12(17)22-13-8-14(23-20(29)10-6-7-10)25-26-16(13)18(21)28/h3-5,8,10H,6-7,9H2,1-2H3,(H2,21,28)(H2,22,23,25,29). The van der Waals surface area contributed by atoms with Crippen LogP contribution in [0.4, 0.5) is 17.2 Å². The number of nitrogens with two attached hydrogens (primary N) is 1. The fraction of sp³-hybridized carbons (Fsp3) is 0.300. The first-order valence-electron chi connectivity index (χ1n) is 10.1. The zero-order valence-electron chi connectivity index (χ0n) is 18.2. The Hall–Kier alpha value is -4.07. The van der Waals surface area contributed by atoms with Gasteiger partial charge in [0.25, 0.3) is 5.91 Å². The second-order valence-electron chi connectivity index (χ2n) is 7.71. The Kier molecular flexibility index (Phi) is 6.15. The molecular formula is C20H21N7O6S. The number of anilines is 3. The number of rotatable bonds is 9. The molecule has 34 heavy (non-hydrogen) atoms. The summed E-state index contributed by atoms with van der Waals surface area (Å²) < 4.78 is 33.6. The highest BCUT2D eigenvalue weighted by atomic mass is 32.2. The minimum Gasteiger partial charge on any atom is -0.494 e. The van der Waals surface area contributed by atoms with Gasteiger partial charge in [-0.3, -0.25) is 9.59 Å². The van der Waals surface area contributed by atoms with Crippen LogP contribution in [0.3, 0.4) is 0 Å². The van der Waals surface area contributed by atoms with Crippen LogP contribution in [-0.2, 0) is 20.4 Å². The predicted octanol–water partition coefficient (Wildman–Crippen LogP) is 1.27. The largest absolute Gasteiger partial charge is 0.494 e. The summed E-state index contributed by atoms with van der Waals surface area (Å²) in [5.74, 6) is -0.966. The van der Waals surface area contributed by atoms with E-state index in [2.05, 4.69) is 31.0 Å². The number of carbonyl (C=O) groups is 2. The first kappa shape index (κ1) is 23.1. The average Bonchev–Trinajstić information content (AvgIpc) is 3.52. The van der Waals surface area contributed by atoms with Crippen molar-refractivity contribution >= 4 is 38.8 Å². The molecule has 0 atom stereocenters. The summed E-state index contributed by atoms with van der Waals surface area (Å²) in [7, 11) is -1.95. The second-order valence-corrected chi connectivity index (χ2v) is 9.85. The predicted molar refractivity (Wildman–Crippen MR) is 120 cm³/mol. The molecule has 13 nitrogen and oxygen atoms in total. The molecule has 0 bridgehead atoms. The molecule has 1 aromatic carbocycles. The number of aromatic nitrogens is 4. The third-order valence-corrected chi connectivity index (χ3v) is 5.58. The van der Waals surface area contributed by atoms with Gasteiger partial charge >= 0.3 is 0 Å². The van der Waals surface area contributed by atoms with E-state index in [1.165, 1.54) is 13.2 Å². The number of sulfone groups is 1. The normalized spacial score (nSPS) is 13.4. The molecule has 2 aromatic heterocycles. The zero-order valence-corrected chi connectivity index (χ0v) is 19.0. The van der Waals surface area contributed by atoms with E-state index in [-0.39, 0.29) is 46.5 Å². The van der Waals surface area contributed by atoms with Crippen LogP contribution < -0.4 is 21.1 Å². The van der Waals surface area contributed by atoms with Crippen molar-refractivity contribution in [2.24, 2.45) is 11.7 Å². The Bertz CT molecular complexity index is 1370. The van der Waals surface area contributed by atoms with Crippen LogP contribution in [0.5, 0.6) is 5.75 Å². The summed E-state index contributed by atoms with van der Waals surface area (Å²) >= 11 is 0. The quantitative estimate of drug-likeness (QED) is 0.393. The Morgan fingerprint density at radius 1 is 1.24 bits per heavy atom. The van der Waals surface area contributed by atoms with Crippen molar-refractivity contribution in [3.63, 3.8) is 0 Å². The second kappa shape index (κ2) is 9.05. The fourth-order valence-corrected chi connectivity index (χ4v) is 3.69. The smallest absolute Gasteiger partial charge is 0.271 e. The number of amides is 2. The number of carbonyl (C=O) groups excluding carboxylic acids is 2. The number of primary amides is 1. The van der Waals surface area contributed by atoms with Crippen LogP contribution in [0, 0.1) is 5.92 Å². The minimum atomic E-state index is -3.36. The molecule has 1 saturated carbocycles. The zero-order chi connectivity index (χ0) is 24.5. The summed E-state index contributed by atoms with van der Waals surface area (Å²) in [4.78, 5) is 28.1. The van der Waals surface area contributed by atoms with Gasteiger partial charge in [-0.05, 0) is 25.0 Å². The maximum absolute atomic E-state index is 12.1. The van der Waals surface area contributed by atoms with E-state index in [9.17, 15) is 18.0 Å². The molecule has 0 aliphatic heterocycles. The highest BCUT2D eigenvalue weighted by Gasteiger charge is 2.30. The van der Waals surface area contributed by atoms with E-state index < -0.39 is 21.5 Å². The molecule has 1 aliphatic rings. The molecule has 4 N–H and O–H groups in total. The monoisotopic (exact) mass is 487 g/mol. The van der Waals surface area contributed by atoms with Crippen LogP contribution in [0.2, 0.25) is 0 Å². The van der Waals surface area contributed by atoms with Gasteiger partial charge in [0.1, 0.15) is 5.75 Å². The van der Waals surface area contributed by atoms with Crippen molar-refractivity contribution in [3.05, 3.63) is 35.9 Å². The SMILES string of the molecule is COc1c(Nc2cc(NC(=O)C3CC3)nnc2C(N)=O)cccc1-c1noc(CS(C)(=O)=O)n1. The van der Waals surface area contributed by atoms with Gasteiger partial charge in [0, 0.05) is 18.2 Å². The molecule has 2 heterocycles. The molecule has 0 unspecified atom stereocenters. The lowest BCUT2D eigenvalue weighted by atomic mass is 10.1. The van der Waals surface area contributed by atoms with Crippen LogP contribution >= 0.6 is 0 Å². The van der Waals surface area contributed by atoms with Gasteiger partial charge in [-0.1, -0.05) is 11.2 Å². The highest BCUT2D eigenvalue weighted by Crippen LogP contribution is 2.37. The van der Waals surface area contributed by atoms with Crippen molar-refractivity contribution in [2.45, 2.75) is 18.6 Å². The molecular weight excluding hydrogens is 466 g/mol. The number of hydrogen-bond donors (Lipinski definition) is 3. The summed E-state index contributed by atoms with van der Waals surface area (Å²) in [6.45, 7) is 0. The summed E-state index contributed by atoms with van der Waals surface area (Å²) in [5.41, 5.74) is 6.28. The topological polar surface area (TPSA) is 192 Å². The van der Waals surface area contributed by atoms with Gasteiger partial charge in [0.2, 0.25) is 17.6 Å². The molecule has 0 spiro atoms. The van der Waals surface area contributed by atoms with Crippen LogP contribution in [0.1, 0.15) is 29.2 Å². The first-order chi connectivity index (χ1) is 16.1. The van der Waals surface area contributed by atoms with Gasteiger partial charge in [-0.2, -0.15) is 4.98 Å². The molecule has 178 valence electrons. The van der Waals surface area contributed by atoms with E-state index in [1.54, 1.807) is 18.2 Å². The third-order valence-electron chi connectivity index (χ3n) is 4.81. The summed E-state index contributed by atoms with van der Waals surface area (Å²) in [6.07, 6.45) is 2.69. The maximum Gasteiger partial charge on any atom is 0.271 e. The lowest BCUT2D eigenvalue weighted by molar-refractivity contribution is -0.117. The molecule has 4 rings (SSSR count). The number of methoxy groups -OCH3 is 1. The lowest BCUT2D eigenvalue weighted by Crippen LogP contribution is -2.19. The summed E-state index contributed by atoms with van der Waals surface area (Å²) in [5, 5.41) is 17.2. The van der Waals surface area contributed by atoms with Crippen LogP contribution in [0.15, 0.2) is 28.8 Å². The van der Waals surface area contributed by atoms with Crippen molar-refractivity contribution in [3.8, 4) is 17.1 Å². The van der Waals surface area contributed by atoms with Crippen molar-refractivity contribution in [2.75, 3.05) is 24.0 Å². The van der Waals surface area contributed by atoms with E-state index in [0.29, 0.717) is 11.3 Å². The number of nitrogens with zero attached hydrogens (tertiary/aromatic N) is 4. The Morgan fingerprint density at radius 2 is 2.00 bits per heavy atom. The van der Waals surface area contributed by atoms with Gasteiger partial charge in [0.15, 0.2) is 27.1 Å². The minimum absolute atomic E-state index is 0.0478. The van der Waals surface area contributed by atoms with Gasteiger partial charge in [-0.15, -0.1) is 10.2 Å². The lowest BCUT2D eigenvalue weighted by Gasteiger charge is -2.15. The van der Waals surface area contributed by atoms with Crippen molar-refractivity contribution in [1.29, 1.82) is 0 Å². The van der Waals surface area contributed by atoms with E-state index in [1.807, 2.05) is 0 Å². The van der Waals surface area contributed by atoms with Gasteiger partial charge in [0.05, 0.1) is 24.0 Å². The summed E-state index contributed by atoms with van der Waals surface area (Å²) in [6, 6.07) is 6.42. The fourth-order valence-electron chi connectivity index (χ4n) is 3.13. The maximum atomic E-state index is 12.1. The Morgan fingerprint density at radius 3 is 2.65 bits per heavy atom. The molecule has 2 amide bonds. The highest BCUT2D eigenvalue weighted by molar-refractivity contribution is 7.89. The van der Waals surface area contributed by atoms with E-state index >= 15 is 0 Å².